The third-order valence-electron chi connectivity index (χ3n) is 6.13. The third kappa shape index (κ3) is 3.41. The lowest BCUT2D eigenvalue weighted by Gasteiger charge is -2.33. The Balaban J connectivity index is 1.45. The van der Waals surface area contributed by atoms with E-state index in [1.165, 1.54) is 4.90 Å². The highest BCUT2D eigenvalue weighted by molar-refractivity contribution is 5.98. The number of hydrogen-bond acceptors (Lipinski definition) is 7. The van der Waals surface area contributed by atoms with Crippen molar-refractivity contribution in [3.8, 4) is 5.75 Å². The number of anilines is 2. The first-order valence-electron chi connectivity index (χ1n) is 10.7. The Hall–Kier alpha value is -2.32. The smallest absolute Gasteiger partial charge is 0.418 e. The first-order chi connectivity index (χ1) is 14.3. The molecule has 2 aliphatic heterocycles. The summed E-state index contributed by atoms with van der Waals surface area (Å²) in [6, 6.07) is 5.56. The standard InChI is InChI=1S/C22H28N2O6/c1-22(2,3)30-21(26)23-17-5-4-6-18-19(17)24(28-8-7-27-18)20(23)29-16-11-13-9-15(25)10-14(13)12-16/h4-6,13-14,16,20H,7-12H2,1-3H3/t13-,14?,16?,20?/m0/s1. The van der Waals surface area contributed by atoms with Gasteiger partial charge in [-0.2, -0.15) is 5.06 Å². The second-order valence-electron chi connectivity index (χ2n) is 9.50. The number of carbonyl (C=O) groups is 2. The lowest BCUT2D eigenvalue weighted by molar-refractivity contribution is -0.118. The van der Waals surface area contributed by atoms with Crippen molar-refractivity contribution in [2.24, 2.45) is 11.8 Å². The molecule has 2 aliphatic carbocycles. The molecule has 2 heterocycles. The normalized spacial score (nSPS) is 30.0. The van der Waals surface area contributed by atoms with Gasteiger partial charge in [-0.1, -0.05) is 6.07 Å². The molecule has 0 spiro atoms. The van der Waals surface area contributed by atoms with Gasteiger partial charge in [0.05, 0.1) is 11.8 Å². The van der Waals surface area contributed by atoms with Crippen molar-refractivity contribution in [2.45, 2.75) is 64.5 Å². The van der Waals surface area contributed by atoms with Gasteiger partial charge >= 0.3 is 6.09 Å². The highest BCUT2D eigenvalue weighted by Crippen LogP contribution is 2.50. The molecule has 8 nitrogen and oxygen atoms in total. The van der Waals surface area contributed by atoms with Gasteiger partial charge in [-0.15, -0.1) is 0 Å². The van der Waals surface area contributed by atoms with Crippen LogP contribution in [0.4, 0.5) is 16.2 Å². The highest BCUT2D eigenvalue weighted by atomic mass is 16.7. The van der Waals surface area contributed by atoms with Crippen molar-refractivity contribution in [1.82, 2.24) is 0 Å². The molecule has 4 atom stereocenters. The minimum Gasteiger partial charge on any atom is -0.489 e. The maximum atomic E-state index is 13.2. The second kappa shape index (κ2) is 7.13. The number of benzene rings is 1. The maximum Gasteiger partial charge on any atom is 0.418 e. The summed E-state index contributed by atoms with van der Waals surface area (Å²) in [6.07, 6.45) is 1.61. The molecule has 0 aromatic heterocycles. The first-order valence-corrected chi connectivity index (χ1v) is 10.7. The van der Waals surface area contributed by atoms with Crippen molar-refractivity contribution in [2.75, 3.05) is 23.2 Å². The van der Waals surface area contributed by atoms with Crippen LogP contribution in [0.3, 0.4) is 0 Å². The fraction of sp³-hybridized carbons (Fsp3) is 0.636. The number of rotatable bonds is 2. The summed E-state index contributed by atoms with van der Waals surface area (Å²) in [5.41, 5.74) is 0.674. The van der Waals surface area contributed by atoms with Crippen LogP contribution in [0.2, 0.25) is 0 Å². The van der Waals surface area contributed by atoms with Crippen molar-refractivity contribution in [3.05, 3.63) is 18.2 Å². The van der Waals surface area contributed by atoms with Crippen LogP contribution < -0.4 is 14.7 Å². The molecule has 1 amide bonds. The van der Waals surface area contributed by atoms with Crippen LogP contribution in [0.5, 0.6) is 5.75 Å². The average molecular weight is 416 g/mol. The molecule has 5 rings (SSSR count). The number of para-hydroxylation sites is 1. The summed E-state index contributed by atoms with van der Waals surface area (Å²) in [5, 5.41) is 1.64. The summed E-state index contributed by atoms with van der Waals surface area (Å²) in [5.74, 6) is 1.76. The molecule has 0 bridgehead atoms. The van der Waals surface area contributed by atoms with E-state index < -0.39 is 18.0 Å². The van der Waals surface area contributed by atoms with Crippen LogP contribution in [0.25, 0.3) is 0 Å². The van der Waals surface area contributed by atoms with E-state index in [1.54, 1.807) is 5.06 Å². The zero-order valence-electron chi connectivity index (χ0n) is 17.6. The summed E-state index contributed by atoms with van der Waals surface area (Å²) >= 11 is 0. The van der Waals surface area contributed by atoms with Crippen molar-refractivity contribution < 1.29 is 28.6 Å². The van der Waals surface area contributed by atoms with E-state index in [2.05, 4.69) is 0 Å². The maximum absolute atomic E-state index is 13.2. The summed E-state index contributed by atoms with van der Waals surface area (Å²) < 4.78 is 18.0. The van der Waals surface area contributed by atoms with Crippen LogP contribution in [0, 0.1) is 11.8 Å². The molecule has 0 saturated heterocycles. The van der Waals surface area contributed by atoms with Gasteiger partial charge in [0.2, 0.25) is 6.35 Å². The van der Waals surface area contributed by atoms with Crippen LogP contribution in [-0.4, -0.2) is 43.1 Å². The van der Waals surface area contributed by atoms with E-state index in [4.69, 9.17) is 19.0 Å². The average Bonchev–Trinajstić information content (AvgIpc) is 3.20. The predicted molar refractivity (Wildman–Crippen MR) is 108 cm³/mol. The van der Waals surface area contributed by atoms with Crippen LogP contribution >= 0.6 is 0 Å². The predicted octanol–water partition coefficient (Wildman–Crippen LogP) is 3.63. The van der Waals surface area contributed by atoms with E-state index in [0.29, 0.717) is 60.8 Å². The molecule has 0 N–H and O–H groups in total. The Morgan fingerprint density at radius 3 is 2.57 bits per heavy atom. The molecule has 1 aromatic carbocycles. The number of ether oxygens (including phenoxy) is 3. The first kappa shape index (κ1) is 19.6. The van der Waals surface area contributed by atoms with E-state index in [9.17, 15) is 9.59 Å². The topological polar surface area (TPSA) is 77.5 Å². The SMILES string of the molecule is CC(C)(C)OC(=O)N1c2cccc3c2N(OCCO3)C1OC1CC2CC(=O)C[C@H]2C1. The summed E-state index contributed by atoms with van der Waals surface area (Å²) in [4.78, 5) is 32.4. The molecule has 0 radical (unpaired) electrons. The lowest BCUT2D eigenvalue weighted by Crippen LogP contribution is -2.51. The Kier molecular flexibility index (Phi) is 4.67. The Bertz CT molecular complexity index is 850. The van der Waals surface area contributed by atoms with Gasteiger partial charge in [-0.05, 0) is 57.6 Å². The molecule has 30 heavy (non-hydrogen) atoms. The van der Waals surface area contributed by atoms with Crippen LogP contribution in [0.15, 0.2) is 18.2 Å². The number of carbonyl (C=O) groups excluding carboxylic acids is 2. The Morgan fingerprint density at radius 2 is 1.87 bits per heavy atom. The second-order valence-corrected chi connectivity index (χ2v) is 9.50. The van der Waals surface area contributed by atoms with Crippen molar-refractivity contribution in [3.63, 3.8) is 0 Å². The molecule has 4 aliphatic rings. The van der Waals surface area contributed by atoms with E-state index in [-0.39, 0.29) is 6.10 Å². The van der Waals surface area contributed by atoms with Gasteiger partial charge in [-0.3, -0.25) is 9.63 Å². The number of hydrogen-bond donors (Lipinski definition) is 0. The monoisotopic (exact) mass is 416 g/mol. The Morgan fingerprint density at radius 1 is 1.13 bits per heavy atom. The molecule has 1 aromatic rings. The van der Waals surface area contributed by atoms with Gasteiger partial charge in [0.1, 0.15) is 36.0 Å². The molecule has 162 valence electrons. The fourth-order valence-corrected chi connectivity index (χ4v) is 5.02. The van der Waals surface area contributed by atoms with Crippen LogP contribution in [0.1, 0.15) is 46.5 Å². The minimum atomic E-state index is -0.780. The highest BCUT2D eigenvalue weighted by Gasteiger charge is 2.49. The number of nitrogens with zero attached hydrogens (tertiary/aromatic N) is 2. The quantitative estimate of drug-likeness (QED) is 0.728. The number of fused-ring (bicyclic) bond motifs is 1. The third-order valence-corrected chi connectivity index (χ3v) is 6.13. The van der Waals surface area contributed by atoms with Gasteiger partial charge < -0.3 is 14.2 Å². The molecular weight excluding hydrogens is 388 g/mol. The summed E-state index contributed by atoms with van der Waals surface area (Å²) in [7, 11) is 0. The number of hydroxylamine groups is 1. The van der Waals surface area contributed by atoms with Gasteiger partial charge in [0.15, 0.2) is 0 Å². The lowest BCUT2D eigenvalue weighted by atomic mass is 10.0. The van der Waals surface area contributed by atoms with Gasteiger partial charge in [-0.25, -0.2) is 9.69 Å². The largest absolute Gasteiger partial charge is 0.489 e. The Labute approximate surface area is 175 Å². The van der Waals surface area contributed by atoms with Gasteiger partial charge in [0, 0.05) is 12.8 Å². The van der Waals surface area contributed by atoms with E-state index in [0.717, 1.165) is 12.8 Å². The fourth-order valence-electron chi connectivity index (χ4n) is 5.02. The molecule has 2 fully saturated rings. The molecular formula is C22H28N2O6. The summed E-state index contributed by atoms with van der Waals surface area (Å²) in [6.45, 7) is 6.28. The van der Waals surface area contributed by atoms with Crippen LogP contribution in [-0.2, 0) is 19.1 Å². The minimum absolute atomic E-state index is 0.0476. The van der Waals surface area contributed by atoms with E-state index in [1.807, 2.05) is 39.0 Å². The van der Waals surface area contributed by atoms with E-state index >= 15 is 0 Å². The number of ketones is 1. The number of Topliss-reactive ketones (excluding diaryl/α,β-unsaturated/α-hetero) is 1. The molecule has 3 unspecified atom stereocenters. The zero-order valence-corrected chi connectivity index (χ0v) is 17.6. The van der Waals surface area contributed by atoms with Gasteiger partial charge in [0.25, 0.3) is 0 Å². The van der Waals surface area contributed by atoms with Crippen molar-refractivity contribution >= 4 is 23.3 Å². The zero-order chi connectivity index (χ0) is 21.0. The van der Waals surface area contributed by atoms with Crippen molar-refractivity contribution in [1.29, 1.82) is 0 Å². The molecule has 8 heteroatoms. The number of amides is 1. The molecule has 2 saturated carbocycles.